The van der Waals surface area contributed by atoms with Gasteiger partial charge in [0.25, 0.3) is 0 Å². The van der Waals surface area contributed by atoms with Gasteiger partial charge in [-0.05, 0) is 44.8 Å². The Balaban J connectivity index is 1.82. The lowest BCUT2D eigenvalue weighted by atomic mass is 9.80. The summed E-state index contributed by atoms with van der Waals surface area (Å²) in [6.45, 7) is 9.10. The molecule has 4 nitrogen and oxygen atoms in total. The molecular formula is C15H28N4. The zero-order valence-electron chi connectivity index (χ0n) is 12.9. The van der Waals surface area contributed by atoms with Gasteiger partial charge in [0.1, 0.15) is 0 Å². The van der Waals surface area contributed by atoms with Crippen molar-refractivity contribution in [3.05, 3.63) is 17.5 Å². The molecule has 0 radical (unpaired) electrons. The van der Waals surface area contributed by atoms with Crippen molar-refractivity contribution in [2.75, 3.05) is 26.7 Å². The molecule has 1 aliphatic heterocycles. The maximum atomic E-state index is 4.49. The molecule has 19 heavy (non-hydrogen) atoms. The van der Waals surface area contributed by atoms with Gasteiger partial charge in [0.05, 0.1) is 5.69 Å². The van der Waals surface area contributed by atoms with E-state index in [4.69, 9.17) is 0 Å². The van der Waals surface area contributed by atoms with Crippen LogP contribution in [0.3, 0.4) is 0 Å². The second-order valence-corrected chi connectivity index (χ2v) is 6.35. The quantitative estimate of drug-likeness (QED) is 0.880. The first kappa shape index (κ1) is 14.5. The fourth-order valence-corrected chi connectivity index (χ4v) is 2.86. The van der Waals surface area contributed by atoms with E-state index in [-0.39, 0.29) is 0 Å². The predicted molar refractivity (Wildman–Crippen MR) is 79.1 cm³/mol. The fourth-order valence-electron chi connectivity index (χ4n) is 2.86. The smallest absolute Gasteiger partial charge is 0.0666 e. The molecule has 1 aromatic rings. The van der Waals surface area contributed by atoms with E-state index < -0.39 is 0 Å². The fraction of sp³-hybridized carbons (Fsp3) is 0.800. The molecule has 2 heterocycles. The van der Waals surface area contributed by atoms with Crippen LogP contribution in [-0.4, -0.2) is 41.4 Å². The average Bonchev–Trinajstić information content (AvgIpc) is 2.74. The van der Waals surface area contributed by atoms with Crippen LogP contribution in [0.2, 0.25) is 0 Å². The van der Waals surface area contributed by atoms with Gasteiger partial charge < -0.3 is 10.2 Å². The predicted octanol–water partition coefficient (Wildman–Crippen LogP) is 1.80. The van der Waals surface area contributed by atoms with Crippen molar-refractivity contribution in [3.63, 3.8) is 0 Å². The van der Waals surface area contributed by atoms with E-state index in [1.807, 2.05) is 11.7 Å². The summed E-state index contributed by atoms with van der Waals surface area (Å²) in [5.74, 6) is 0. The lowest BCUT2D eigenvalue weighted by Gasteiger charge is -2.38. The highest BCUT2D eigenvalue weighted by molar-refractivity contribution is 5.16. The number of likely N-dealkylation sites (tertiary alicyclic amines) is 1. The zero-order chi connectivity index (χ0) is 13.9. The van der Waals surface area contributed by atoms with Crippen LogP contribution >= 0.6 is 0 Å². The van der Waals surface area contributed by atoms with Crippen LogP contribution in [0, 0.1) is 5.41 Å². The zero-order valence-corrected chi connectivity index (χ0v) is 12.9. The van der Waals surface area contributed by atoms with Gasteiger partial charge in [-0.2, -0.15) is 5.10 Å². The van der Waals surface area contributed by atoms with Gasteiger partial charge in [0, 0.05) is 31.9 Å². The molecule has 1 fully saturated rings. The largest absolute Gasteiger partial charge is 0.312 e. The third-order valence-electron chi connectivity index (χ3n) is 4.39. The first-order valence-corrected chi connectivity index (χ1v) is 7.43. The van der Waals surface area contributed by atoms with Crippen molar-refractivity contribution >= 4 is 0 Å². The number of nitrogens with zero attached hydrogens (tertiary/aromatic N) is 3. The molecule has 0 unspecified atom stereocenters. The van der Waals surface area contributed by atoms with E-state index in [1.54, 1.807) is 0 Å². The lowest BCUT2D eigenvalue weighted by Crippen LogP contribution is -2.41. The Hall–Kier alpha value is -0.870. The number of rotatable bonds is 5. The molecule has 2 rings (SSSR count). The molecule has 0 aliphatic carbocycles. The molecule has 1 N–H and O–H groups in total. The molecule has 108 valence electrons. The molecule has 0 spiro atoms. The van der Waals surface area contributed by atoms with Gasteiger partial charge >= 0.3 is 0 Å². The average molecular weight is 264 g/mol. The van der Waals surface area contributed by atoms with Crippen molar-refractivity contribution in [2.24, 2.45) is 12.5 Å². The van der Waals surface area contributed by atoms with Gasteiger partial charge in [0.15, 0.2) is 0 Å². The summed E-state index contributed by atoms with van der Waals surface area (Å²) >= 11 is 0. The van der Waals surface area contributed by atoms with Crippen molar-refractivity contribution in [2.45, 2.75) is 39.7 Å². The van der Waals surface area contributed by atoms with Crippen LogP contribution < -0.4 is 5.32 Å². The maximum Gasteiger partial charge on any atom is 0.0666 e. The van der Waals surface area contributed by atoms with Gasteiger partial charge in [-0.15, -0.1) is 0 Å². The number of hydrogen-bond donors (Lipinski definition) is 1. The molecule has 1 saturated heterocycles. The molecule has 1 aromatic heterocycles. The molecule has 0 amide bonds. The first-order valence-electron chi connectivity index (χ1n) is 7.43. The van der Waals surface area contributed by atoms with Crippen LogP contribution in [0.15, 0.2) is 6.20 Å². The van der Waals surface area contributed by atoms with Crippen molar-refractivity contribution in [1.82, 2.24) is 20.0 Å². The van der Waals surface area contributed by atoms with Crippen molar-refractivity contribution in [1.29, 1.82) is 0 Å². The summed E-state index contributed by atoms with van der Waals surface area (Å²) in [5, 5.41) is 8.13. The Morgan fingerprint density at radius 2 is 2.00 bits per heavy atom. The third-order valence-corrected chi connectivity index (χ3v) is 4.39. The highest BCUT2D eigenvalue weighted by atomic mass is 15.3. The van der Waals surface area contributed by atoms with Crippen LogP contribution in [0.4, 0.5) is 0 Å². The Bertz CT molecular complexity index is 402. The Kier molecular flexibility index (Phi) is 4.63. The minimum atomic E-state index is 0.459. The van der Waals surface area contributed by atoms with Crippen LogP contribution in [0.25, 0.3) is 0 Å². The van der Waals surface area contributed by atoms with Gasteiger partial charge in [-0.1, -0.05) is 13.8 Å². The first-order chi connectivity index (χ1) is 9.02. The summed E-state index contributed by atoms with van der Waals surface area (Å²) in [4.78, 5) is 2.43. The second kappa shape index (κ2) is 6.06. The van der Waals surface area contributed by atoms with E-state index >= 15 is 0 Å². The summed E-state index contributed by atoms with van der Waals surface area (Å²) in [6.07, 6.45) is 5.75. The highest BCUT2D eigenvalue weighted by Crippen LogP contribution is 2.29. The topological polar surface area (TPSA) is 33.1 Å². The highest BCUT2D eigenvalue weighted by Gasteiger charge is 2.28. The third kappa shape index (κ3) is 3.80. The van der Waals surface area contributed by atoms with Gasteiger partial charge in [-0.3, -0.25) is 4.68 Å². The van der Waals surface area contributed by atoms with Crippen LogP contribution in [0.5, 0.6) is 0 Å². The van der Waals surface area contributed by atoms with Crippen LogP contribution in [-0.2, 0) is 20.0 Å². The van der Waals surface area contributed by atoms with Crippen molar-refractivity contribution in [3.8, 4) is 0 Å². The maximum absolute atomic E-state index is 4.49. The number of piperidine rings is 1. The number of hydrogen-bond acceptors (Lipinski definition) is 3. The molecule has 0 saturated carbocycles. The lowest BCUT2D eigenvalue weighted by molar-refractivity contribution is 0.137. The Labute approximate surface area is 117 Å². The second-order valence-electron chi connectivity index (χ2n) is 6.35. The van der Waals surface area contributed by atoms with Crippen LogP contribution in [0.1, 0.15) is 37.9 Å². The van der Waals surface area contributed by atoms with Crippen molar-refractivity contribution < 1.29 is 0 Å². The monoisotopic (exact) mass is 264 g/mol. The molecule has 4 heteroatoms. The van der Waals surface area contributed by atoms with E-state index in [2.05, 4.69) is 42.4 Å². The summed E-state index contributed by atoms with van der Waals surface area (Å²) in [6, 6.07) is 0. The molecule has 0 atom stereocenters. The normalized spacial score (nSPS) is 19.8. The minimum absolute atomic E-state index is 0.459. The van der Waals surface area contributed by atoms with E-state index in [0.717, 1.165) is 19.5 Å². The van der Waals surface area contributed by atoms with Gasteiger partial charge in [0.2, 0.25) is 0 Å². The van der Waals surface area contributed by atoms with E-state index in [9.17, 15) is 0 Å². The SMILES string of the molecule is CCc1nn(C)cc1CNCC1(C)CCN(C)CC1. The summed E-state index contributed by atoms with van der Waals surface area (Å²) < 4.78 is 1.92. The van der Waals surface area contributed by atoms with Gasteiger partial charge in [-0.25, -0.2) is 0 Å². The standard InChI is InChI=1S/C15H28N4/c1-5-14-13(11-19(4)17-14)10-16-12-15(2)6-8-18(3)9-7-15/h11,16H,5-10,12H2,1-4H3. The van der Waals surface area contributed by atoms with E-state index in [1.165, 1.54) is 37.2 Å². The number of aromatic nitrogens is 2. The summed E-state index contributed by atoms with van der Waals surface area (Å²) in [7, 11) is 4.22. The summed E-state index contributed by atoms with van der Waals surface area (Å²) in [5.41, 5.74) is 3.03. The molecule has 0 bridgehead atoms. The molecular weight excluding hydrogens is 236 g/mol. The molecule has 1 aliphatic rings. The minimum Gasteiger partial charge on any atom is -0.312 e. The molecule has 0 aromatic carbocycles. The number of aryl methyl sites for hydroxylation is 2. The Morgan fingerprint density at radius 1 is 1.32 bits per heavy atom. The van der Waals surface area contributed by atoms with E-state index in [0.29, 0.717) is 5.41 Å². The number of nitrogens with one attached hydrogen (secondary N) is 1. The Morgan fingerprint density at radius 3 is 2.63 bits per heavy atom.